The lowest BCUT2D eigenvalue weighted by Gasteiger charge is -2.17. The van der Waals surface area contributed by atoms with Crippen LogP contribution in [-0.2, 0) is 4.74 Å². The first-order valence-corrected chi connectivity index (χ1v) is 8.77. The Morgan fingerprint density at radius 3 is 2.10 bits per heavy atom. The Labute approximate surface area is 139 Å². The largest absolute Gasteiger partial charge is 0.478 e. The first-order valence-electron chi connectivity index (χ1n) is 7.25. The van der Waals surface area contributed by atoms with Gasteiger partial charge in [0.25, 0.3) is 0 Å². The summed E-state index contributed by atoms with van der Waals surface area (Å²) in [4.78, 5) is 4.82. The Bertz CT molecular complexity index is 558. The monoisotopic (exact) mass is 391 g/mol. The standard InChI is InChI=1S/C18H18INO/c19-12-11-16-13-21-18(20-16)17(14-7-3-1-4-8-14)15-9-5-2-6-10-15/h1-10,16-17H,11-13H2/t16-/m0/s1. The van der Waals surface area contributed by atoms with Crippen LogP contribution in [0.15, 0.2) is 65.7 Å². The molecule has 0 aliphatic carbocycles. The van der Waals surface area contributed by atoms with E-state index in [9.17, 15) is 0 Å². The van der Waals surface area contributed by atoms with Crippen LogP contribution in [0.25, 0.3) is 0 Å². The van der Waals surface area contributed by atoms with E-state index >= 15 is 0 Å². The Kier molecular flexibility index (Phi) is 4.91. The third kappa shape index (κ3) is 3.46. The van der Waals surface area contributed by atoms with Crippen LogP contribution < -0.4 is 0 Å². The molecule has 0 bridgehead atoms. The topological polar surface area (TPSA) is 21.6 Å². The van der Waals surface area contributed by atoms with Gasteiger partial charge in [-0.05, 0) is 17.5 Å². The molecule has 0 fully saturated rings. The zero-order valence-electron chi connectivity index (χ0n) is 11.8. The molecule has 0 saturated heterocycles. The summed E-state index contributed by atoms with van der Waals surface area (Å²) in [6.45, 7) is 0.717. The number of halogens is 1. The smallest absolute Gasteiger partial charge is 0.196 e. The molecular weight excluding hydrogens is 373 g/mol. The highest BCUT2D eigenvalue weighted by atomic mass is 127. The lowest BCUT2D eigenvalue weighted by molar-refractivity contribution is 0.307. The van der Waals surface area contributed by atoms with Crippen molar-refractivity contribution >= 4 is 28.5 Å². The molecular formula is C18H18INO. The molecule has 0 aromatic heterocycles. The first kappa shape index (κ1) is 14.6. The Balaban J connectivity index is 1.96. The van der Waals surface area contributed by atoms with E-state index < -0.39 is 0 Å². The summed E-state index contributed by atoms with van der Waals surface area (Å²) in [6, 6.07) is 21.3. The van der Waals surface area contributed by atoms with Crippen LogP contribution in [0.2, 0.25) is 0 Å². The van der Waals surface area contributed by atoms with E-state index in [1.165, 1.54) is 11.1 Å². The van der Waals surface area contributed by atoms with Crippen molar-refractivity contribution in [1.82, 2.24) is 0 Å². The van der Waals surface area contributed by atoms with Gasteiger partial charge in [0, 0.05) is 4.43 Å². The van der Waals surface area contributed by atoms with E-state index in [0.29, 0.717) is 12.6 Å². The highest BCUT2D eigenvalue weighted by molar-refractivity contribution is 14.1. The number of rotatable bonds is 5. The highest BCUT2D eigenvalue weighted by Gasteiger charge is 2.28. The van der Waals surface area contributed by atoms with Crippen molar-refractivity contribution in [3.05, 3.63) is 71.8 Å². The van der Waals surface area contributed by atoms with Gasteiger partial charge in [-0.25, -0.2) is 4.99 Å². The van der Waals surface area contributed by atoms with Gasteiger partial charge in [-0.15, -0.1) is 0 Å². The lowest BCUT2D eigenvalue weighted by Crippen LogP contribution is -2.14. The summed E-state index contributed by atoms with van der Waals surface area (Å²) in [7, 11) is 0. The van der Waals surface area contributed by atoms with Gasteiger partial charge < -0.3 is 4.74 Å². The van der Waals surface area contributed by atoms with Crippen molar-refractivity contribution in [2.75, 3.05) is 11.0 Å². The zero-order valence-corrected chi connectivity index (χ0v) is 13.9. The number of benzene rings is 2. The minimum atomic E-state index is 0.103. The number of aliphatic imine (C=N–C) groups is 1. The second-order valence-electron chi connectivity index (χ2n) is 5.16. The number of hydrogen-bond acceptors (Lipinski definition) is 2. The molecule has 21 heavy (non-hydrogen) atoms. The Morgan fingerprint density at radius 1 is 1.00 bits per heavy atom. The molecule has 2 aromatic rings. The Morgan fingerprint density at radius 2 is 1.57 bits per heavy atom. The van der Waals surface area contributed by atoms with Crippen molar-refractivity contribution in [2.24, 2.45) is 4.99 Å². The van der Waals surface area contributed by atoms with E-state index in [1.54, 1.807) is 0 Å². The van der Waals surface area contributed by atoms with E-state index in [4.69, 9.17) is 9.73 Å². The van der Waals surface area contributed by atoms with Gasteiger partial charge in [-0.2, -0.15) is 0 Å². The second-order valence-corrected chi connectivity index (χ2v) is 6.24. The minimum Gasteiger partial charge on any atom is -0.478 e. The maximum Gasteiger partial charge on any atom is 0.196 e. The molecule has 1 heterocycles. The van der Waals surface area contributed by atoms with Crippen LogP contribution >= 0.6 is 22.6 Å². The molecule has 1 aliphatic heterocycles. The predicted molar refractivity (Wildman–Crippen MR) is 95.4 cm³/mol. The Hall–Kier alpha value is -1.36. The molecule has 1 aliphatic rings. The molecule has 0 amide bonds. The van der Waals surface area contributed by atoms with Gasteiger partial charge >= 0.3 is 0 Å². The van der Waals surface area contributed by atoms with E-state index in [2.05, 4.69) is 71.1 Å². The first-order chi connectivity index (χ1) is 10.4. The fraction of sp³-hybridized carbons (Fsp3) is 0.278. The minimum absolute atomic E-state index is 0.103. The van der Waals surface area contributed by atoms with Crippen LogP contribution in [0.4, 0.5) is 0 Å². The van der Waals surface area contributed by atoms with Crippen LogP contribution in [0.3, 0.4) is 0 Å². The van der Waals surface area contributed by atoms with Crippen LogP contribution in [0.5, 0.6) is 0 Å². The van der Waals surface area contributed by atoms with Crippen LogP contribution in [-0.4, -0.2) is 23.0 Å². The molecule has 0 N–H and O–H groups in total. The predicted octanol–water partition coefficient (Wildman–Crippen LogP) is 4.44. The number of alkyl halides is 1. The molecule has 0 unspecified atom stereocenters. The van der Waals surface area contributed by atoms with Crippen molar-refractivity contribution in [3.8, 4) is 0 Å². The third-order valence-electron chi connectivity index (χ3n) is 3.69. The van der Waals surface area contributed by atoms with Crippen molar-refractivity contribution in [3.63, 3.8) is 0 Å². The van der Waals surface area contributed by atoms with E-state index in [0.717, 1.165) is 16.7 Å². The molecule has 0 radical (unpaired) electrons. The molecule has 0 spiro atoms. The number of ether oxygens (including phenoxy) is 1. The lowest BCUT2D eigenvalue weighted by atomic mass is 9.91. The van der Waals surface area contributed by atoms with Gasteiger partial charge in [-0.3, -0.25) is 0 Å². The molecule has 0 saturated carbocycles. The second kappa shape index (κ2) is 7.07. The van der Waals surface area contributed by atoms with E-state index in [1.807, 2.05) is 12.1 Å². The SMILES string of the molecule is ICC[C@H]1COC(C(c2ccccc2)c2ccccc2)=N1. The van der Waals surface area contributed by atoms with Crippen LogP contribution in [0, 0.1) is 0 Å². The zero-order chi connectivity index (χ0) is 14.5. The van der Waals surface area contributed by atoms with Crippen molar-refractivity contribution < 1.29 is 4.74 Å². The summed E-state index contributed by atoms with van der Waals surface area (Å²) >= 11 is 2.40. The summed E-state index contributed by atoms with van der Waals surface area (Å²) in [6.07, 6.45) is 1.08. The number of nitrogens with zero attached hydrogens (tertiary/aromatic N) is 1. The van der Waals surface area contributed by atoms with E-state index in [-0.39, 0.29) is 5.92 Å². The molecule has 108 valence electrons. The van der Waals surface area contributed by atoms with Gasteiger partial charge in [0.05, 0.1) is 12.0 Å². The summed E-state index contributed by atoms with van der Waals surface area (Å²) in [5, 5.41) is 0. The van der Waals surface area contributed by atoms with Crippen LogP contribution in [0.1, 0.15) is 23.5 Å². The quantitative estimate of drug-likeness (QED) is 0.546. The fourth-order valence-corrected chi connectivity index (χ4v) is 3.36. The summed E-state index contributed by atoms with van der Waals surface area (Å²) < 4.78 is 7.05. The fourth-order valence-electron chi connectivity index (χ4n) is 2.64. The molecule has 1 atom stereocenters. The average Bonchev–Trinajstić information content (AvgIpc) is 2.98. The van der Waals surface area contributed by atoms with Gasteiger partial charge in [0.1, 0.15) is 6.61 Å². The molecule has 2 aromatic carbocycles. The normalized spacial score (nSPS) is 17.6. The molecule has 2 nitrogen and oxygen atoms in total. The van der Waals surface area contributed by atoms with Gasteiger partial charge in [0.15, 0.2) is 5.90 Å². The average molecular weight is 391 g/mol. The highest BCUT2D eigenvalue weighted by Crippen LogP contribution is 2.29. The molecule has 3 rings (SSSR count). The third-order valence-corrected chi connectivity index (χ3v) is 4.31. The van der Waals surface area contributed by atoms with Crippen molar-refractivity contribution in [2.45, 2.75) is 18.4 Å². The summed E-state index contributed by atoms with van der Waals surface area (Å²) in [5.74, 6) is 0.967. The maximum absolute atomic E-state index is 5.94. The summed E-state index contributed by atoms with van der Waals surface area (Å²) in [5.41, 5.74) is 2.47. The van der Waals surface area contributed by atoms with Gasteiger partial charge in [0.2, 0.25) is 0 Å². The number of hydrogen-bond donors (Lipinski definition) is 0. The maximum atomic E-state index is 5.94. The van der Waals surface area contributed by atoms with Crippen molar-refractivity contribution in [1.29, 1.82) is 0 Å². The van der Waals surface area contributed by atoms with Gasteiger partial charge in [-0.1, -0.05) is 83.3 Å². The molecule has 3 heteroatoms.